The van der Waals surface area contributed by atoms with Crippen LogP contribution < -0.4 is 4.72 Å². The molecule has 8 nitrogen and oxygen atoms in total. The van der Waals surface area contributed by atoms with Crippen LogP contribution in [0.25, 0.3) is 0 Å². The molecule has 0 atom stereocenters. The highest BCUT2D eigenvalue weighted by Gasteiger charge is 2.18. The van der Waals surface area contributed by atoms with Crippen LogP contribution in [0.4, 0.5) is 0 Å². The largest absolute Gasteiger partial charge is 0.469 e. The van der Waals surface area contributed by atoms with Crippen molar-refractivity contribution in [3.8, 4) is 0 Å². The molecule has 0 saturated heterocycles. The van der Waals surface area contributed by atoms with E-state index in [1.165, 1.54) is 14.2 Å². The summed E-state index contributed by atoms with van der Waals surface area (Å²) >= 11 is 0. The van der Waals surface area contributed by atoms with Crippen LogP contribution in [0, 0.1) is 0 Å². The van der Waals surface area contributed by atoms with Gasteiger partial charge < -0.3 is 4.74 Å². The Morgan fingerprint density at radius 1 is 1.55 bits per heavy atom. The summed E-state index contributed by atoms with van der Waals surface area (Å²) in [6.07, 6.45) is 2.22. The molecule has 0 bridgehead atoms. The second kappa shape index (κ2) is 7.36. The first-order chi connectivity index (χ1) is 9.36. The number of esters is 1. The lowest BCUT2D eigenvalue weighted by atomic mass is 10.3. The highest BCUT2D eigenvalue weighted by atomic mass is 32.2. The number of hydrogen-bond acceptors (Lipinski definition) is 5. The van der Waals surface area contributed by atoms with Crippen LogP contribution in [0.2, 0.25) is 0 Å². The van der Waals surface area contributed by atoms with Gasteiger partial charge in [0.15, 0.2) is 0 Å². The maximum absolute atomic E-state index is 11.9. The molecule has 0 fully saturated rings. The van der Waals surface area contributed by atoms with Crippen molar-refractivity contribution in [1.82, 2.24) is 18.8 Å². The number of hydrogen-bond donors (Lipinski definition) is 1. The molecule has 1 heterocycles. The van der Waals surface area contributed by atoms with Gasteiger partial charge in [-0.3, -0.25) is 9.48 Å². The number of nitrogens with one attached hydrogen (secondary N) is 1. The fourth-order valence-corrected chi connectivity index (χ4v) is 2.45. The average molecular weight is 304 g/mol. The first kappa shape index (κ1) is 16.6. The maximum atomic E-state index is 11.9. The minimum atomic E-state index is -3.58. The van der Waals surface area contributed by atoms with Crippen molar-refractivity contribution >= 4 is 16.2 Å². The van der Waals surface area contributed by atoms with E-state index in [1.807, 2.05) is 6.07 Å². The molecule has 1 rings (SSSR count). The molecule has 20 heavy (non-hydrogen) atoms. The molecule has 0 amide bonds. The van der Waals surface area contributed by atoms with E-state index in [0.29, 0.717) is 6.42 Å². The van der Waals surface area contributed by atoms with Crippen LogP contribution in [-0.2, 0) is 33.2 Å². The minimum Gasteiger partial charge on any atom is -0.469 e. The minimum absolute atomic E-state index is 0.0235. The lowest BCUT2D eigenvalue weighted by molar-refractivity contribution is -0.140. The quantitative estimate of drug-likeness (QED) is 0.641. The number of aromatic nitrogens is 2. The van der Waals surface area contributed by atoms with E-state index >= 15 is 0 Å². The van der Waals surface area contributed by atoms with Crippen molar-refractivity contribution < 1.29 is 17.9 Å². The van der Waals surface area contributed by atoms with E-state index in [-0.39, 0.29) is 19.5 Å². The van der Waals surface area contributed by atoms with Crippen LogP contribution >= 0.6 is 0 Å². The fourth-order valence-electron chi connectivity index (χ4n) is 1.54. The van der Waals surface area contributed by atoms with E-state index in [4.69, 9.17) is 0 Å². The summed E-state index contributed by atoms with van der Waals surface area (Å²) in [5.41, 5.74) is 0.935. The molecule has 0 spiro atoms. The van der Waals surface area contributed by atoms with Crippen molar-refractivity contribution in [3.05, 3.63) is 18.0 Å². The number of carbonyl (C=O) groups is 1. The molecule has 0 aromatic carbocycles. The predicted octanol–water partition coefficient (Wildman–Crippen LogP) is -0.708. The van der Waals surface area contributed by atoms with E-state index in [0.717, 1.165) is 10.00 Å². The summed E-state index contributed by atoms with van der Waals surface area (Å²) in [5.74, 6) is -0.443. The third-order valence-corrected chi connectivity index (χ3v) is 4.43. The van der Waals surface area contributed by atoms with Crippen LogP contribution in [-0.4, -0.2) is 55.7 Å². The molecule has 1 N–H and O–H groups in total. The van der Waals surface area contributed by atoms with Crippen LogP contribution in [0.1, 0.15) is 12.1 Å². The van der Waals surface area contributed by atoms with Gasteiger partial charge >= 0.3 is 5.97 Å². The van der Waals surface area contributed by atoms with E-state index in [2.05, 4.69) is 14.6 Å². The highest BCUT2D eigenvalue weighted by Crippen LogP contribution is 2.00. The van der Waals surface area contributed by atoms with Gasteiger partial charge in [-0.15, -0.1) is 0 Å². The molecule has 9 heteroatoms. The number of nitrogens with zero attached hydrogens (tertiary/aromatic N) is 3. The standard InChI is InChI=1S/C11H20N4O4S/c1-14(9-6-11(16)19-3)20(17,18)13-8-5-10-4-7-12-15(10)2/h4,7,13H,5-6,8-9H2,1-3H3. The smallest absolute Gasteiger partial charge is 0.306 e. The maximum Gasteiger partial charge on any atom is 0.306 e. The Morgan fingerprint density at radius 3 is 2.80 bits per heavy atom. The zero-order valence-electron chi connectivity index (χ0n) is 11.9. The Balaban J connectivity index is 2.40. The first-order valence-corrected chi connectivity index (χ1v) is 7.55. The molecule has 0 aliphatic rings. The number of methoxy groups -OCH3 is 1. The lowest BCUT2D eigenvalue weighted by Crippen LogP contribution is -2.40. The Morgan fingerprint density at radius 2 is 2.25 bits per heavy atom. The second-order valence-electron chi connectivity index (χ2n) is 4.24. The number of aryl methyl sites for hydroxylation is 1. The zero-order valence-corrected chi connectivity index (χ0v) is 12.7. The first-order valence-electron chi connectivity index (χ1n) is 6.11. The summed E-state index contributed by atoms with van der Waals surface area (Å²) in [6.45, 7) is 0.345. The molecule has 114 valence electrons. The molecular weight excluding hydrogens is 284 g/mol. The Hall–Kier alpha value is -1.45. The third-order valence-electron chi connectivity index (χ3n) is 2.86. The van der Waals surface area contributed by atoms with E-state index < -0.39 is 16.2 Å². The molecular formula is C11H20N4O4S. The van der Waals surface area contributed by atoms with Gasteiger partial charge in [0.25, 0.3) is 10.2 Å². The van der Waals surface area contributed by atoms with Crippen molar-refractivity contribution in [2.24, 2.45) is 7.05 Å². The zero-order chi connectivity index (χ0) is 15.2. The Bertz CT molecular complexity index is 540. The van der Waals surface area contributed by atoms with Gasteiger partial charge in [0, 0.05) is 45.5 Å². The van der Waals surface area contributed by atoms with Gasteiger partial charge in [-0.1, -0.05) is 0 Å². The topological polar surface area (TPSA) is 93.5 Å². The lowest BCUT2D eigenvalue weighted by Gasteiger charge is -2.17. The summed E-state index contributed by atoms with van der Waals surface area (Å²) in [5, 5.41) is 4.00. The van der Waals surface area contributed by atoms with Crippen LogP contribution in [0.5, 0.6) is 0 Å². The summed E-state index contributed by atoms with van der Waals surface area (Å²) in [7, 11) is 0.892. The number of rotatable bonds is 8. The van der Waals surface area contributed by atoms with Gasteiger partial charge in [0.05, 0.1) is 13.5 Å². The number of carbonyl (C=O) groups excluding carboxylic acids is 1. The third kappa shape index (κ3) is 4.91. The van der Waals surface area contributed by atoms with Crippen LogP contribution in [0.15, 0.2) is 12.3 Å². The van der Waals surface area contributed by atoms with Gasteiger partial charge in [0.2, 0.25) is 0 Å². The molecule has 0 saturated carbocycles. The Labute approximate surface area is 118 Å². The monoisotopic (exact) mass is 304 g/mol. The predicted molar refractivity (Wildman–Crippen MR) is 73.1 cm³/mol. The molecule has 0 aliphatic carbocycles. The van der Waals surface area contributed by atoms with Crippen molar-refractivity contribution in [3.63, 3.8) is 0 Å². The molecule has 0 aliphatic heterocycles. The van der Waals surface area contributed by atoms with Crippen molar-refractivity contribution in [2.75, 3.05) is 27.2 Å². The molecule has 0 unspecified atom stereocenters. The molecule has 1 aromatic heterocycles. The number of ether oxygens (including phenoxy) is 1. The molecule has 1 aromatic rings. The van der Waals surface area contributed by atoms with Crippen LogP contribution in [0.3, 0.4) is 0 Å². The molecule has 0 radical (unpaired) electrons. The highest BCUT2D eigenvalue weighted by molar-refractivity contribution is 7.87. The van der Waals surface area contributed by atoms with Gasteiger partial charge in [-0.05, 0) is 6.07 Å². The Kier molecular flexibility index (Phi) is 6.11. The van der Waals surface area contributed by atoms with Crippen molar-refractivity contribution in [1.29, 1.82) is 0 Å². The SMILES string of the molecule is COC(=O)CCN(C)S(=O)(=O)NCCc1ccnn1C. The van der Waals surface area contributed by atoms with Crippen molar-refractivity contribution in [2.45, 2.75) is 12.8 Å². The van der Waals surface area contributed by atoms with Gasteiger partial charge in [-0.2, -0.15) is 17.8 Å². The summed E-state index contributed by atoms with van der Waals surface area (Å²) in [4.78, 5) is 11.0. The van der Waals surface area contributed by atoms with E-state index in [9.17, 15) is 13.2 Å². The average Bonchev–Trinajstić information content (AvgIpc) is 2.81. The van der Waals surface area contributed by atoms with Gasteiger partial charge in [0.1, 0.15) is 0 Å². The summed E-state index contributed by atoms with van der Waals surface area (Å²) < 4.78 is 33.5. The van der Waals surface area contributed by atoms with Gasteiger partial charge in [-0.25, -0.2) is 4.72 Å². The van der Waals surface area contributed by atoms with E-state index in [1.54, 1.807) is 17.9 Å². The normalized spacial score (nSPS) is 11.8. The second-order valence-corrected chi connectivity index (χ2v) is 6.11. The summed E-state index contributed by atoms with van der Waals surface area (Å²) in [6, 6.07) is 1.83. The fraction of sp³-hybridized carbons (Fsp3) is 0.636.